The van der Waals surface area contributed by atoms with Gasteiger partial charge in [-0.2, -0.15) is 0 Å². The van der Waals surface area contributed by atoms with Gasteiger partial charge in [-0.1, -0.05) is 58.7 Å². The summed E-state index contributed by atoms with van der Waals surface area (Å²) in [6.07, 6.45) is 0. The van der Waals surface area contributed by atoms with Crippen molar-refractivity contribution in [3.63, 3.8) is 0 Å². The van der Waals surface area contributed by atoms with Crippen LogP contribution in [-0.2, 0) is 5.41 Å². The van der Waals surface area contributed by atoms with Gasteiger partial charge in [0.1, 0.15) is 0 Å². The van der Waals surface area contributed by atoms with E-state index in [0.29, 0.717) is 11.8 Å². The molecule has 0 aliphatic rings. The molecule has 1 aromatic rings. The molecule has 0 heteroatoms. The summed E-state index contributed by atoms with van der Waals surface area (Å²) in [6, 6.07) is 6.87. The van der Waals surface area contributed by atoms with Gasteiger partial charge in [0.25, 0.3) is 0 Å². The first kappa shape index (κ1) is 14.8. The van der Waals surface area contributed by atoms with Crippen molar-refractivity contribution in [2.24, 2.45) is 5.92 Å². The Hall–Kier alpha value is -1.22. The van der Waals surface area contributed by atoms with Crippen LogP contribution in [0.5, 0.6) is 0 Å². The fraction of sp³-hybridized carbons (Fsp3) is 0.556. The Morgan fingerprint density at radius 2 is 1.72 bits per heavy atom. The highest BCUT2D eigenvalue weighted by atomic mass is 14.2. The zero-order valence-electron chi connectivity index (χ0n) is 12.9. The molecule has 1 rings (SSSR count). The average molecular weight is 242 g/mol. The van der Waals surface area contributed by atoms with E-state index in [0.717, 1.165) is 0 Å². The summed E-state index contributed by atoms with van der Waals surface area (Å²) in [4.78, 5) is 0. The van der Waals surface area contributed by atoms with Crippen LogP contribution in [0.4, 0.5) is 0 Å². The summed E-state index contributed by atoms with van der Waals surface area (Å²) in [7, 11) is 0. The molecule has 0 fully saturated rings. The lowest BCUT2D eigenvalue weighted by molar-refractivity contribution is 0.577. The van der Waals surface area contributed by atoms with Gasteiger partial charge >= 0.3 is 0 Å². The van der Waals surface area contributed by atoms with E-state index in [9.17, 15) is 0 Å². The highest BCUT2D eigenvalue weighted by molar-refractivity contribution is 5.37. The third kappa shape index (κ3) is 3.39. The Morgan fingerprint density at radius 1 is 1.11 bits per heavy atom. The smallest absolute Gasteiger partial charge is 0.0240 e. The second kappa shape index (κ2) is 5.61. The zero-order chi connectivity index (χ0) is 13.9. The van der Waals surface area contributed by atoms with Crippen LogP contribution in [0.3, 0.4) is 0 Å². The summed E-state index contributed by atoms with van der Waals surface area (Å²) in [5.41, 5.74) is 4.44. The molecule has 2 atom stereocenters. The van der Waals surface area contributed by atoms with Crippen LogP contribution >= 0.6 is 0 Å². The normalized spacial score (nSPS) is 14.6. The lowest BCUT2D eigenvalue weighted by Gasteiger charge is -2.24. The largest absolute Gasteiger partial charge is 0.106 e. The molecule has 0 saturated carbocycles. The molecule has 0 saturated heterocycles. The third-order valence-electron chi connectivity index (χ3n) is 3.76. The van der Waals surface area contributed by atoms with E-state index in [4.69, 9.17) is 0 Å². The molecule has 0 aromatic heterocycles. The fourth-order valence-electron chi connectivity index (χ4n) is 2.22. The quantitative estimate of drug-likeness (QED) is 0.636. The molecule has 0 nitrogen and oxygen atoms in total. The van der Waals surface area contributed by atoms with Crippen molar-refractivity contribution in [1.82, 2.24) is 0 Å². The molecular formula is C18H26. The Morgan fingerprint density at radius 3 is 2.22 bits per heavy atom. The first-order valence-corrected chi connectivity index (χ1v) is 6.80. The molecule has 0 radical (unpaired) electrons. The van der Waals surface area contributed by atoms with Crippen LogP contribution in [-0.4, -0.2) is 0 Å². The van der Waals surface area contributed by atoms with Crippen molar-refractivity contribution in [3.05, 3.63) is 34.9 Å². The first-order valence-electron chi connectivity index (χ1n) is 6.80. The summed E-state index contributed by atoms with van der Waals surface area (Å²) < 4.78 is 0. The number of benzene rings is 1. The van der Waals surface area contributed by atoms with Crippen molar-refractivity contribution in [3.8, 4) is 11.8 Å². The van der Waals surface area contributed by atoms with Crippen molar-refractivity contribution in [2.75, 3.05) is 0 Å². The van der Waals surface area contributed by atoms with Gasteiger partial charge in [-0.25, -0.2) is 0 Å². The van der Waals surface area contributed by atoms with Gasteiger partial charge in [0.2, 0.25) is 0 Å². The minimum absolute atomic E-state index is 0.210. The van der Waals surface area contributed by atoms with E-state index in [1.807, 2.05) is 6.92 Å². The Labute approximate surface area is 113 Å². The number of hydrogen-bond acceptors (Lipinski definition) is 0. The van der Waals surface area contributed by atoms with Crippen LogP contribution in [0.25, 0.3) is 0 Å². The summed E-state index contributed by atoms with van der Waals surface area (Å²) in [5.74, 6) is 7.20. The number of hydrogen-bond donors (Lipinski definition) is 0. The van der Waals surface area contributed by atoms with Crippen LogP contribution in [0.15, 0.2) is 18.2 Å². The summed E-state index contributed by atoms with van der Waals surface area (Å²) >= 11 is 0. The van der Waals surface area contributed by atoms with E-state index in [1.54, 1.807) is 0 Å². The predicted molar refractivity (Wildman–Crippen MR) is 80.9 cm³/mol. The fourth-order valence-corrected chi connectivity index (χ4v) is 2.22. The molecule has 0 heterocycles. The van der Waals surface area contributed by atoms with Gasteiger partial charge in [0.05, 0.1) is 0 Å². The Bertz CT molecular complexity index is 463. The number of rotatable bonds is 2. The van der Waals surface area contributed by atoms with E-state index in [-0.39, 0.29) is 5.41 Å². The van der Waals surface area contributed by atoms with Crippen molar-refractivity contribution in [2.45, 2.75) is 59.8 Å². The van der Waals surface area contributed by atoms with Gasteiger partial charge in [-0.3, -0.25) is 0 Å². The summed E-state index contributed by atoms with van der Waals surface area (Å²) in [6.45, 7) is 15.4. The predicted octanol–water partition coefficient (Wildman–Crippen LogP) is 5.06. The van der Waals surface area contributed by atoms with Crippen molar-refractivity contribution in [1.29, 1.82) is 0 Å². The van der Waals surface area contributed by atoms with Gasteiger partial charge in [0, 0.05) is 5.92 Å². The van der Waals surface area contributed by atoms with E-state index in [2.05, 4.69) is 71.6 Å². The molecule has 18 heavy (non-hydrogen) atoms. The second-order valence-electron chi connectivity index (χ2n) is 6.29. The third-order valence-corrected chi connectivity index (χ3v) is 3.76. The number of aryl methyl sites for hydroxylation is 1. The lowest BCUT2D eigenvalue weighted by Crippen LogP contribution is -2.13. The van der Waals surface area contributed by atoms with Crippen LogP contribution in [0.1, 0.15) is 64.2 Å². The van der Waals surface area contributed by atoms with E-state index < -0.39 is 0 Å². The minimum atomic E-state index is 0.210. The first-order chi connectivity index (χ1) is 8.27. The minimum Gasteiger partial charge on any atom is -0.106 e. The standard InChI is InChI=1S/C18H26/c1-8-9-13(2)15(4)17-12-16(18(5,6)7)11-10-14(17)3/h10-13,15H,1-7H3. The second-order valence-corrected chi connectivity index (χ2v) is 6.29. The molecular weight excluding hydrogens is 216 g/mol. The van der Waals surface area contributed by atoms with Crippen LogP contribution in [0.2, 0.25) is 0 Å². The maximum Gasteiger partial charge on any atom is 0.0240 e. The van der Waals surface area contributed by atoms with Crippen LogP contribution in [0, 0.1) is 24.7 Å². The van der Waals surface area contributed by atoms with E-state index >= 15 is 0 Å². The average Bonchev–Trinajstić information content (AvgIpc) is 2.27. The molecule has 98 valence electrons. The SMILES string of the molecule is CC#CC(C)C(C)c1cc(C(C)(C)C)ccc1C. The highest BCUT2D eigenvalue weighted by Gasteiger charge is 2.19. The molecule has 0 aliphatic carbocycles. The molecule has 0 aliphatic heterocycles. The van der Waals surface area contributed by atoms with Gasteiger partial charge in [-0.05, 0) is 41.9 Å². The Balaban J connectivity index is 3.18. The Kier molecular flexibility index (Phi) is 4.63. The lowest BCUT2D eigenvalue weighted by atomic mass is 9.80. The van der Waals surface area contributed by atoms with Gasteiger partial charge in [0.15, 0.2) is 0 Å². The topological polar surface area (TPSA) is 0 Å². The molecule has 0 N–H and O–H groups in total. The van der Waals surface area contributed by atoms with Gasteiger partial charge in [-0.15, -0.1) is 5.92 Å². The monoisotopic (exact) mass is 242 g/mol. The highest BCUT2D eigenvalue weighted by Crippen LogP contribution is 2.31. The maximum atomic E-state index is 3.28. The molecule has 0 amide bonds. The van der Waals surface area contributed by atoms with Crippen molar-refractivity contribution >= 4 is 0 Å². The van der Waals surface area contributed by atoms with Crippen molar-refractivity contribution < 1.29 is 0 Å². The molecule has 2 unspecified atom stereocenters. The summed E-state index contributed by atoms with van der Waals surface area (Å²) in [5, 5.41) is 0. The zero-order valence-corrected chi connectivity index (χ0v) is 12.9. The maximum absolute atomic E-state index is 3.28. The van der Waals surface area contributed by atoms with Crippen LogP contribution < -0.4 is 0 Å². The van der Waals surface area contributed by atoms with E-state index in [1.165, 1.54) is 16.7 Å². The molecule has 0 bridgehead atoms. The van der Waals surface area contributed by atoms with Gasteiger partial charge < -0.3 is 0 Å². The molecule has 0 spiro atoms. The molecule has 1 aromatic carbocycles.